The Balaban J connectivity index is 2.04. The molecule has 1 aliphatic heterocycles. The van der Waals surface area contributed by atoms with Crippen molar-refractivity contribution in [2.45, 2.75) is 19.4 Å². The second-order valence-electron chi connectivity index (χ2n) is 3.90. The number of H-pyrrole nitrogens is 1. The zero-order chi connectivity index (χ0) is 10.3. The van der Waals surface area contributed by atoms with Gasteiger partial charge in [0, 0.05) is 0 Å². The number of aliphatic hydroxyl groups is 1. The third-order valence-corrected chi connectivity index (χ3v) is 2.14. The molecule has 6 nitrogen and oxygen atoms in total. The van der Waals surface area contributed by atoms with Crippen molar-refractivity contribution in [2.75, 3.05) is 13.1 Å². The first-order valence-corrected chi connectivity index (χ1v) is 4.39. The lowest BCUT2D eigenvalue weighted by molar-refractivity contribution is -0.0672. The fourth-order valence-electron chi connectivity index (χ4n) is 1.50. The molecule has 1 aromatic heterocycles. The number of aryl methyl sites for hydroxylation is 1. The fraction of sp³-hybridized carbons (Fsp3) is 0.625. The maximum atomic E-state index is 11.6. The minimum absolute atomic E-state index is 0.165. The van der Waals surface area contributed by atoms with Crippen molar-refractivity contribution in [1.82, 2.24) is 20.1 Å². The van der Waals surface area contributed by atoms with Gasteiger partial charge < -0.3 is 10.0 Å². The summed E-state index contributed by atoms with van der Waals surface area (Å²) in [7, 11) is 0. The first kappa shape index (κ1) is 9.14. The maximum absolute atomic E-state index is 11.6. The lowest BCUT2D eigenvalue weighted by Gasteiger charge is -2.43. The van der Waals surface area contributed by atoms with Gasteiger partial charge in [0.2, 0.25) is 5.82 Å². The smallest absolute Gasteiger partial charge is 0.293 e. The quantitative estimate of drug-likeness (QED) is 0.623. The van der Waals surface area contributed by atoms with Gasteiger partial charge in [0.15, 0.2) is 0 Å². The van der Waals surface area contributed by atoms with Gasteiger partial charge in [-0.2, -0.15) is 0 Å². The minimum Gasteiger partial charge on any atom is -0.386 e. The Kier molecular flexibility index (Phi) is 1.81. The zero-order valence-corrected chi connectivity index (χ0v) is 8.11. The van der Waals surface area contributed by atoms with Gasteiger partial charge >= 0.3 is 0 Å². The van der Waals surface area contributed by atoms with Crippen molar-refractivity contribution in [1.29, 1.82) is 0 Å². The molecule has 1 aliphatic rings. The molecule has 14 heavy (non-hydrogen) atoms. The number of carbonyl (C=O) groups excluding carboxylic acids is 1. The van der Waals surface area contributed by atoms with Gasteiger partial charge in [-0.3, -0.25) is 9.89 Å². The van der Waals surface area contributed by atoms with Crippen LogP contribution in [0.25, 0.3) is 0 Å². The molecule has 6 heteroatoms. The SMILES string of the molecule is Cc1nc(C(=O)N2CC(C)(O)C2)n[nH]1. The third-order valence-electron chi connectivity index (χ3n) is 2.14. The molecule has 2 N–H and O–H groups in total. The third kappa shape index (κ3) is 1.48. The van der Waals surface area contributed by atoms with Crippen molar-refractivity contribution < 1.29 is 9.90 Å². The Morgan fingerprint density at radius 2 is 2.29 bits per heavy atom. The largest absolute Gasteiger partial charge is 0.386 e. The van der Waals surface area contributed by atoms with Crippen LogP contribution < -0.4 is 0 Å². The van der Waals surface area contributed by atoms with Crippen LogP contribution in [0.5, 0.6) is 0 Å². The summed E-state index contributed by atoms with van der Waals surface area (Å²) in [5.74, 6) is 0.541. The topological polar surface area (TPSA) is 82.1 Å². The van der Waals surface area contributed by atoms with Gasteiger partial charge in [0.1, 0.15) is 5.82 Å². The highest BCUT2D eigenvalue weighted by Gasteiger charge is 2.40. The van der Waals surface area contributed by atoms with Crippen molar-refractivity contribution in [3.05, 3.63) is 11.6 Å². The van der Waals surface area contributed by atoms with E-state index in [1.165, 1.54) is 4.90 Å². The molecular formula is C8H12N4O2. The van der Waals surface area contributed by atoms with Crippen LogP contribution in [0.3, 0.4) is 0 Å². The Bertz CT molecular complexity index is 363. The average molecular weight is 196 g/mol. The van der Waals surface area contributed by atoms with Crippen LogP contribution in [-0.4, -0.2) is 49.8 Å². The summed E-state index contributed by atoms with van der Waals surface area (Å²) in [6.45, 7) is 4.12. The first-order valence-electron chi connectivity index (χ1n) is 4.39. The summed E-state index contributed by atoms with van der Waals surface area (Å²) in [5, 5.41) is 15.8. The molecule has 0 aliphatic carbocycles. The molecule has 76 valence electrons. The van der Waals surface area contributed by atoms with E-state index in [-0.39, 0.29) is 11.7 Å². The van der Waals surface area contributed by atoms with E-state index in [1.807, 2.05) is 0 Å². The normalized spacial score (nSPS) is 19.2. The second-order valence-corrected chi connectivity index (χ2v) is 3.90. The van der Waals surface area contributed by atoms with Gasteiger partial charge in [0.25, 0.3) is 5.91 Å². The number of aromatic nitrogens is 3. The summed E-state index contributed by atoms with van der Waals surface area (Å²) in [4.78, 5) is 17.0. The molecule has 1 amide bonds. The Labute approximate surface area is 80.9 Å². The van der Waals surface area contributed by atoms with E-state index in [2.05, 4.69) is 15.2 Å². The Morgan fingerprint density at radius 3 is 2.71 bits per heavy atom. The number of rotatable bonds is 1. The number of hydrogen-bond acceptors (Lipinski definition) is 4. The standard InChI is InChI=1S/C8H12N4O2/c1-5-9-6(11-10-5)7(13)12-3-8(2,14)4-12/h14H,3-4H2,1-2H3,(H,9,10,11). The first-order chi connectivity index (χ1) is 6.48. The number of β-amino-alcohol motifs (C(OH)–C–C–N with tert-alkyl or cyclic N) is 1. The molecule has 2 rings (SSSR count). The maximum Gasteiger partial charge on any atom is 0.293 e. The molecular weight excluding hydrogens is 184 g/mol. The molecule has 0 atom stereocenters. The molecule has 1 saturated heterocycles. The van der Waals surface area contributed by atoms with Crippen LogP contribution in [0.4, 0.5) is 0 Å². The molecule has 0 saturated carbocycles. The second kappa shape index (κ2) is 2.78. The number of nitrogens with zero attached hydrogens (tertiary/aromatic N) is 3. The summed E-state index contributed by atoms with van der Waals surface area (Å²) >= 11 is 0. The van der Waals surface area contributed by atoms with Gasteiger partial charge in [-0.15, -0.1) is 5.10 Å². The van der Waals surface area contributed by atoms with Gasteiger partial charge in [0.05, 0.1) is 18.7 Å². The predicted octanol–water partition coefficient (Wildman–Crippen LogP) is -0.680. The molecule has 1 fully saturated rings. The number of aromatic amines is 1. The molecule has 0 unspecified atom stereocenters. The summed E-state index contributed by atoms with van der Waals surface area (Å²) in [6, 6.07) is 0. The van der Waals surface area contributed by atoms with Crippen LogP contribution in [0.2, 0.25) is 0 Å². The van der Waals surface area contributed by atoms with Gasteiger partial charge in [-0.25, -0.2) is 4.98 Å². The zero-order valence-electron chi connectivity index (χ0n) is 8.11. The van der Waals surface area contributed by atoms with Crippen LogP contribution in [0, 0.1) is 6.92 Å². The molecule has 0 bridgehead atoms. The number of nitrogens with one attached hydrogen (secondary N) is 1. The van der Waals surface area contributed by atoms with Gasteiger partial charge in [-0.05, 0) is 13.8 Å². The van der Waals surface area contributed by atoms with E-state index in [9.17, 15) is 9.90 Å². The van der Waals surface area contributed by atoms with Crippen molar-refractivity contribution >= 4 is 5.91 Å². The fourth-order valence-corrected chi connectivity index (χ4v) is 1.50. The highest BCUT2D eigenvalue weighted by Crippen LogP contribution is 2.20. The number of likely N-dealkylation sites (tertiary alicyclic amines) is 1. The lowest BCUT2D eigenvalue weighted by Crippen LogP contribution is -2.61. The summed E-state index contributed by atoms with van der Waals surface area (Å²) in [5.41, 5.74) is -0.749. The Hall–Kier alpha value is -1.43. The summed E-state index contributed by atoms with van der Waals surface area (Å²) in [6.07, 6.45) is 0. The van der Waals surface area contributed by atoms with Crippen LogP contribution in [-0.2, 0) is 0 Å². The minimum atomic E-state index is -0.749. The van der Waals surface area contributed by atoms with E-state index >= 15 is 0 Å². The van der Waals surface area contributed by atoms with E-state index in [0.717, 1.165) is 0 Å². The van der Waals surface area contributed by atoms with Crippen LogP contribution in [0.15, 0.2) is 0 Å². The number of hydrogen-bond donors (Lipinski definition) is 2. The number of carbonyl (C=O) groups is 1. The lowest BCUT2D eigenvalue weighted by atomic mass is 9.97. The summed E-state index contributed by atoms with van der Waals surface area (Å²) < 4.78 is 0. The molecule has 1 aromatic rings. The molecule has 0 spiro atoms. The van der Waals surface area contributed by atoms with E-state index in [0.29, 0.717) is 18.9 Å². The van der Waals surface area contributed by atoms with E-state index in [4.69, 9.17) is 0 Å². The predicted molar refractivity (Wildman–Crippen MR) is 47.6 cm³/mol. The average Bonchev–Trinajstić information content (AvgIpc) is 2.46. The highest BCUT2D eigenvalue weighted by molar-refractivity contribution is 5.91. The van der Waals surface area contributed by atoms with Crippen molar-refractivity contribution in [3.8, 4) is 0 Å². The van der Waals surface area contributed by atoms with Crippen LogP contribution in [0.1, 0.15) is 23.4 Å². The molecule has 0 aromatic carbocycles. The number of amides is 1. The van der Waals surface area contributed by atoms with E-state index in [1.54, 1.807) is 13.8 Å². The van der Waals surface area contributed by atoms with Crippen molar-refractivity contribution in [3.63, 3.8) is 0 Å². The van der Waals surface area contributed by atoms with Gasteiger partial charge in [-0.1, -0.05) is 0 Å². The monoisotopic (exact) mass is 196 g/mol. The van der Waals surface area contributed by atoms with Crippen molar-refractivity contribution in [2.24, 2.45) is 0 Å². The molecule has 0 radical (unpaired) electrons. The highest BCUT2D eigenvalue weighted by atomic mass is 16.3. The van der Waals surface area contributed by atoms with E-state index < -0.39 is 5.60 Å². The molecule has 2 heterocycles. The van der Waals surface area contributed by atoms with Crippen LogP contribution >= 0.6 is 0 Å². The Morgan fingerprint density at radius 1 is 1.64 bits per heavy atom.